The molecule has 0 saturated carbocycles. The largest absolute Gasteiger partial charge is 0.347 e. The quantitative estimate of drug-likeness (QED) is 0.807. The number of amides is 1. The molecule has 0 radical (unpaired) electrons. The number of rotatable bonds is 8. The van der Waals surface area contributed by atoms with E-state index in [2.05, 4.69) is 45.8 Å². The third-order valence-corrected chi connectivity index (χ3v) is 4.61. The Bertz CT molecular complexity index is 637. The Hall–Kier alpha value is -1.79. The van der Waals surface area contributed by atoms with Crippen LogP contribution in [0.4, 0.5) is 0 Å². The minimum atomic E-state index is -0.0917. The second-order valence-corrected chi connectivity index (χ2v) is 6.12. The highest BCUT2D eigenvalue weighted by atomic mass is 32.1. The SMILES string of the molecule is CCc1nnsc1C(=O)NCc1cccc(CN(CC)CC)c1. The molecule has 1 N–H and O–H groups in total. The van der Waals surface area contributed by atoms with Crippen LogP contribution >= 0.6 is 11.5 Å². The van der Waals surface area contributed by atoms with Gasteiger partial charge in [0, 0.05) is 13.1 Å². The maximum Gasteiger partial charge on any atom is 0.265 e. The number of nitrogens with one attached hydrogen (secondary N) is 1. The van der Waals surface area contributed by atoms with Crippen molar-refractivity contribution in [3.63, 3.8) is 0 Å². The van der Waals surface area contributed by atoms with E-state index in [4.69, 9.17) is 0 Å². The van der Waals surface area contributed by atoms with Crippen LogP contribution in [0.25, 0.3) is 0 Å². The van der Waals surface area contributed by atoms with Gasteiger partial charge in [-0.15, -0.1) is 5.10 Å². The Labute approximate surface area is 141 Å². The molecule has 6 heteroatoms. The van der Waals surface area contributed by atoms with Gasteiger partial charge in [0.1, 0.15) is 4.88 Å². The first-order valence-corrected chi connectivity index (χ1v) is 8.84. The molecule has 0 saturated heterocycles. The van der Waals surface area contributed by atoms with Gasteiger partial charge >= 0.3 is 0 Å². The summed E-state index contributed by atoms with van der Waals surface area (Å²) in [5.41, 5.74) is 3.15. The van der Waals surface area contributed by atoms with E-state index in [1.54, 1.807) is 0 Å². The number of carbonyl (C=O) groups excluding carboxylic acids is 1. The van der Waals surface area contributed by atoms with Gasteiger partial charge in [-0.05, 0) is 42.2 Å². The topological polar surface area (TPSA) is 58.1 Å². The monoisotopic (exact) mass is 332 g/mol. The Morgan fingerprint density at radius 1 is 1.22 bits per heavy atom. The highest BCUT2D eigenvalue weighted by Crippen LogP contribution is 2.12. The summed E-state index contributed by atoms with van der Waals surface area (Å²) in [4.78, 5) is 15.2. The molecule has 23 heavy (non-hydrogen) atoms. The molecule has 2 rings (SSSR count). The predicted octanol–water partition coefficient (Wildman–Crippen LogP) is 2.87. The van der Waals surface area contributed by atoms with Crippen molar-refractivity contribution in [2.75, 3.05) is 13.1 Å². The number of aromatic nitrogens is 2. The van der Waals surface area contributed by atoms with Gasteiger partial charge in [0.15, 0.2) is 0 Å². The number of carbonyl (C=O) groups is 1. The van der Waals surface area contributed by atoms with Crippen molar-refractivity contribution in [3.8, 4) is 0 Å². The summed E-state index contributed by atoms with van der Waals surface area (Å²) < 4.78 is 3.86. The van der Waals surface area contributed by atoms with Gasteiger partial charge in [-0.2, -0.15) is 0 Å². The first-order valence-electron chi connectivity index (χ1n) is 8.07. The molecule has 1 amide bonds. The van der Waals surface area contributed by atoms with Crippen LogP contribution < -0.4 is 5.32 Å². The number of aryl methyl sites for hydroxylation is 1. The van der Waals surface area contributed by atoms with Crippen molar-refractivity contribution in [1.82, 2.24) is 19.8 Å². The normalized spacial score (nSPS) is 11.0. The van der Waals surface area contributed by atoms with E-state index in [0.29, 0.717) is 11.4 Å². The number of hydrogen-bond donors (Lipinski definition) is 1. The molecular weight excluding hydrogens is 308 g/mol. The van der Waals surface area contributed by atoms with Crippen molar-refractivity contribution < 1.29 is 4.79 Å². The molecule has 1 aromatic heterocycles. The van der Waals surface area contributed by atoms with Crippen LogP contribution in [0.5, 0.6) is 0 Å². The fourth-order valence-electron chi connectivity index (χ4n) is 2.42. The Morgan fingerprint density at radius 3 is 2.65 bits per heavy atom. The molecule has 0 bridgehead atoms. The lowest BCUT2D eigenvalue weighted by Gasteiger charge is -2.18. The Morgan fingerprint density at radius 2 is 1.96 bits per heavy atom. The van der Waals surface area contributed by atoms with Gasteiger partial charge in [-0.25, -0.2) is 0 Å². The third-order valence-electron chi connectivity index (χ3n) is 3.84. The van der Waals surface area contributed by atoms with Crippen LogP contribution in [0.1, 0.15) is 47.3 Å². The smallest absolute Gasteiger partial charge is 0.265 e. The van der Waals surface area contributed by atoms with Crippen LogP contribution in [0, 0.1) is 0 Å². The Kier molecular flexibility index (Phi) is 6.67. The second kappa shape index (κ2) is 8.74. The van der Waals surface area contributed by atoms with Crippen molar-refractivity contribution in [1.29, 1.82) is 0 Å². The van der Waals surface area contributed by atoms with E-state index < -0.39 is 0 Å². The average Bonchev–Trinajstić information content (AvgIpc) is 3.06. The molecule has 0 aliphatic carbocycles. The highest BCUT2D eigenvalue weighted by Gasteiger charge is 2.14. The van der Waals surface area contributed by atoms with Gasteiger partial charge in [0.05, 0.1) is 5.69 Å². The minimum absolute atomic E-state index is 0.0917. The van der Waals surface area contributed by atoms with Crippen molar-refractivity contribution in [3.05, 3.63) is 46.0 Å². The van der Waals surface area contributed by atoms with E-state index in [-0.39, 0.29) is 5.91 Å². The second-order valence-electron chi connectivity index (χ2n) is 5.37. The highest BCUT2D eigenvalue weighted by molar-refractivity contribution is 7.08. The molecule has 0 spiro atoms. The lowest BCUT2D eigenvalue weighted by molar-refractivity contribution is 0.0954. The van der Waals surface area contributed by atoms with Crippen molar-refractivity contribution >= 4 is 17.4 Å². The summed E-state index contributed by atoms with van der Waals surface area (Å²) in [6.07, 6.45) is 0.721. The van der Waals surface area contributed by atoms with Gasteiger partial charge < -0.3 is 5.32 Å². The maximum atomic E-state index is 12.2. The zero-order valence-electron chi connectivity index (χ0n) is 14.0. The van der Waals surface area contributed by atoms with Crippen molar-refractivity contribution in [2.24, 2.45) is 0 Å². The summed E-state index contributed by atoms with van der Waals surface area (Å²) in [6, 6.07) is 8.37. The van der Waals surface area contributed by atoms with Gasteiger partial charge in [-0.1, -0.05) is 49.5 Å². The molecule has 1 aromatic carbocycles. The lowest BCUT2D eigenvalue weighted by atomic mass is 10.1. The van der Waals surface area contributed by atoms with E-state index in [9.17, 15) is 4.79 Å². The van der Waals surface area contributed by atoms with Gasteiger partial charge in [0.2, 0.25) is 0 Å². The van der Waals surface area contributed by atoms with E-state index >= 15 is 0 Å². The fraction of sp³-hybridized carbons (Fsp3) is 0.471. The summed E-state index contributed by atoms with van der Waals surface area (Å²) in [6.45, 7) is 9.85. The molecular formula is C17H24N4OS. The zero-order chi connectivity index (χ0) is 16.7. The molecule has 0 aliphatic heterocycles. The number of hydrogen-bond acceptors (Lipinski definition) is 5. The summed E-state index contributed by atoms with van der Waals surface area (Å²) in [5, 5.41) is 6.94. The molecule has 0 atom stereocenters. The molecule has 0 unspecified atom stereocenters. The molecule has 1 heterocycles. The van der Waals surface area contributed by atoms with Crippen LogP contribution in [0.15, 0.2) is 24.3 Å². The minimum Gasteiger partial charge on any atom is -0.347 e. The summed E-state index contributed by atoms with van der Waals surface area (Å²) in [5.74, 6) is -0.0917. The zero-order valence-corrected chi connectivity index (χ0v) is 14.8. The fourth-order valence-corrected chi connectivity index (χ4v) is 3.09. The van der Waals surface area contributed by atoms with Crippen molar-refractivity contribution in [2.45, 2.75) is 40.3 Å². The van der Waals surface area contributed by atoms with Gasteiger partial charge in [0.25, 0.3) is 5.91 Å². The summed E-state index contributed by atoms with van der Waals surface area (Å²) >= 11 is 1.16. The molecule has 0 fully saturated rings. The van der Waals surface area contributed by atoms with E-state index in [1.807, 2.05) is 19.1 Å². The number of nitrogens with zero attached hydrogens (tertiary/aromatic N) is 3. The first kappa shape index (κ1) is 17.6. The molecule has 2 aromatic rings. The number of benzene rings is 1. The van der Waals surface area contributed by atoms with Crippen LogP contribution in [-0.4, -0.2) is 33.5 Å². The third kappa shape index (κ3) is 4.84. The van der Waals surface area contributed by atoms with Crippen LogP contribution in [0.3, 0.4) is 0 Å². The maximum absolute atomic E-state index is 12.2. The first-order chi connectivity index (χ1) is 11.2. The molecule has 0 aliphatic rings. The molecule has 5 nitrogen and oxygen atoms in total. The summed E-state index contributed by atoms with van der Waals surface area (Å²) in [7, 11) is 0. The van der Waals surface area contributed by atoms with E-state index in [0.717, 1.165) is 48.8 Å². The van der Waals surface area contributed by atoms with E-state index in [1.165, 1.54) is 5.56 Å². The average molecular weight is 332 g/mol. The predicted molar refractivity (Wildman–Crippen MR) is 93.5 cm³/mol. The van der Waals surface area contributed by atoms with Crippen LogP contribution in [0.2, 0.25) is 0 Å². The lowest BCUT2D eigenvalue weighted by Crippen LogP contribution is -2.24. The van der Waals surface area contributed by atoms with Crippen LogP contribution in [-0.2, 0) is 19.5 Å². The standard InChI is InChI=1S/C17H24N4OS/c1-4-15-16(23-20-19-15)17(22)18-11-13-8-7-9-14(10-13)12-21(5-2)6-3/h7-10H,4-6,11-12H2,1-3H3,(H,18,22). The Balaban J connectivity index is 1.97. The molecule has 124 valence electrons. The van der Waals surface area contributed by atoms with Gasteiger partial charge in [-0.3, -0.25) is 9.69 Å².